The van der Waals surface area contributed by atoms with E-state index in [2.05, 4.69) is 125 Å². The van der Waals surface area contributed by atoms with Crippen LogP contribution in [0.4, 0.5) is 0 Å². The lowest BCUT2D eigenvalue weighted by atomic mass is 9.91. The molecule has 0 aliphatic heterocycles. The molecule has 302 valence electrons. The van der Waals surface area contributed by atoms with Gasteiger partial charge in [-0.1, -0.05) is 117 Å². The molecule has 0 aliphatic carbocycles. The largest absolute Gasteiger partial charge is 0.385 e. The molecule has 5 heteroatoms. The second kappa shape index (κ2) is 32.7. The van der Waals surface area contributed by atoms with Crippen LogP contribution < -0.4 is 0 Å². The van der Waals surface area contributed by atoms with Gasteiger partial charge in [0.25, 0.3) is 0 Å². The van der Waals surface area contributed by atoms with Crippen molar-refractivity contribution in [2.45, 2.75) is 222 Å². The van der Waals surface area contributed by atoms with Gasteiger partial charge >= 0.3 is 0 Å². The Morgan fingerprint density at radius 1 is 0.417 bits per heavy atom. The van der Waals surface area contributed by atoms with E-state index in [4.69, 9.17) is 23.7 Å². The Balaban J connectivity index is -0.0000000823. The van der Waals surface area contributed by atoms with Crippen LogP contribution in [0.25, 0.3) is 0 Å². The highest BCUT2D eigenvalue weighted by Gasteiger charge is 2.09. The lowest BCUT2D eigenvalue weighted by Gasteiger charge is -2.17. The second-order valence-corrected chi connectivity index (χ2v) is 20.4. The van der Waals surface area contributed by atoms with Gasteiger partial charge in [0.2, 0.25) is 0 Å². The summed E-state index contributed by atoms with van der Waals surface area (Å²) in [6, 6.07) is 0. The molecule has 0 atom stereocenters. The van der Waals surface area contributed by atoms with E-state index in [9.17, 15) is 0 Å². The van der Waals surface area contributed by atoms with E-state index in [1.165, 1.54) is 32.1 Å². The monoisotopic (exact) mass is 697 g/mol. The predicted octanol–water partition coefficient (Wildman–Crippen LogP) is 14.4. The van der Waals surface area contributed by atoms with Crippen molar-refractivity contribution in [1.29, 1.82) is 0 Å². The average Bonchev–Trinajstić information content (AvgIpc) is 2.80. The van der Waals surface area contributed by atoms with Crippen LogP contribution in [-0.4, -0.2) is 58.1 Å². The smallest absolute Gasteiger partial charge is 0.147 e. The van der Waals surface area contributed by atoms with Crippen LogP contribution >= 0.6 is 0 Å². The molecule has 48 heavy (non-hydrogen) atoms. The van der Waals surface area contributed by atoms with Crippen LogP contribution in [0.2, 0.25) is 0 Å². The van der Waals surface area contributed by atoms with Gasteiger partial charge in [0.15, 0.2) is 0 Å². The molecule has 0 spiro atoms. The van der Waals surface area contributed by atoms with Crippen molar-refractivity contribution in [1.82, 2.24) is 0 Å². The molecule has 0 unspecified atom stereocenters. The zero-order valence-corrected chi connectivity index (χ0v) is 39.2. The maximum Gasteiger partial charge on any atom is 0.147 e. The summed E-state index contributed by atoms with van der Waals surface area (Å²) in [7, 11) is 5.08. The Hall–Kier alpha value is -0.200. The van der Waals surface area contributed by atoms with E-state index in [1.54, 1.807) is 21.3 Å². The fraction of sp³-hybridized carbons (Fsp3) is 1.00. The van der Waals surface area contributed by atoms with Gasteiger partial charge in [-0.05, 0) is 110 Å². The molecule has 5 nitrogen and oxygen atoms in total. The Labute approximate surface area is 308 Å². The molecule has 0 saturated carbocycles. The normalized spacial score (nSPS) is 12.0. The molecular weight excluding hydrogens is 596 g/mol. The highest BCUT2D eigenvalue weighted by Crippen LogP contribution is 2.20. The summed E-state index contributed by atoms with van der Waals surface area (Å²) in [5.74, 6) is 0. The Morgan fingerprint density at radius 3 is 0.812 bits per heavy atom. The molecule has 0 radical (unpaired) electrons. The first-order chi connectivity index (χ1) is 20.9. The molecule has 0 heterocycles. The first kappa shape index (κ1) is 62.9. The van der Waals surface area contributed by atoms with E-state index in [-0.39, 0.29) is 16.8 Å². The molecule has 0 aromatic carbocycles. The van der Waals surface area contributed by atoms with E-state index < -0.39 is 0 Å². The van der Waals surface area contributed by atoms with Crippen molar-refractivity contribution < 1.29 is 23.7 Å². The SMILES string of the molecule is CC(C)(C)C.CCC(C)(C)C.CCCC(C)(C)C.CCOC(C)(C)C.COC(C)(C)C.COCCCC(C)(C)C.COCOC(C)(C)C. The number of hydrogen-bond donors (Lipinski definition) is 0. The van der Waals surface area contributed by atoms with Crippen LogP contribution in [-0.2, 0) is 23.7 Å². The van der Waals surface area contributed by atoms with Crippen LogP contribution in [0.15, 0.2) is 0 Å². The molecule has 0 amide bonds. The highest BCUT2D eigenvalue weighted by molar-refractivity contribution is 4.60. The van der Waals surface area contributed by atoms with Crippen molar-refractivity contribution in [2.75, 3.05) is 41.3 Å². The molecule has 0 rings (SSSR count). The topological polar surface area (TPSA) is 46.2 Å². The summed E-state index contributed by atoms with van der Waals surface area (Å²) in [6.07, 6.45) is 6.35. The van der Waals surface area contributed by atoms with E-state index in [0.717, 1.165) is 13.2 Å². The zero-order chi connectivity index (χ0) is 40.7. The Morgan fingerprint density at radius 2 is 0.729 bits per heavy atom. The van der Waals surface area contributed by atoms with Crippen LogP contribution in [0, 0.1) is 21.7 Å². The quantitative estimate of drug-likeness (QED) is 0.196. The van der Waals surface area contributed by atoms with Gasteiger partial charge in [-0.2, -0.15) is 0 Å². The van der Waals surface area contributed by atoms with E-state index >= 15 is 0 Å². The summed E-state index contributed by atoms with van der Waals surface area (Å²) in [4.78, 5) is 0. The first-order valence-corrected chi connectivity index (χ1v) is 18.7. The van der Waals surface area contributed by atoms with Gasteiger partial charge in [-0.3, -0.25) is 0 Å². The third kappa shape index (κ3) is 149. The minimum absolute atomic E-state index is 0.0417. The fourth-order valence-corrected chi connectivity index (χ4v) is 2.17. The number of rotatable bonds is 7. The standard InChI is InChI=1S/C8H18O.C7H16.C6H14O2.C6H14O.C6H14.C5H12O.C5H12/c1-8(2,3)6-5-7-9-4;1-5-6-7(2,3)4;1-6(2,3)8-5-7-4;1-5-7-6(2,3)4;1-5-6(2,3)4;1-5(2,3)6-4;1-5(2,3)4/h5-7H2,1-4H3;5-6H2,1-4H3;5H2,1-4H3;5H2,1-4H3;5H2,1-4H3;1-4H3;1-4H3. The number of hydrogen-bond acceptors (Lipinski definition) is 5. The van der Waals surface area contributed by atoms with Crippen LogP contribution in [0.5, 0.6) is 0 Å². The molecule has 0 aromatic heterocycles. The van der Waals surface area contributed by atoms with Gasteiger partial charge in [0, 0.05) is 34.5 Å². The van der Waals surface area contributed by atoms with Gasteiger partial charge in [0.05, 0.1) is 16.8 Å². The third-order valence-corrected chi connectivity index (χ3v) is 5.14. The van der Waals surface area contributed by atoms with Crippen LogP contribution in [0.1, 0.15) is 205 Å². The van der Waals surface area contributed by atoms with Crippen molar-refractivity contribution in [3.63, 3.8) is 0 Å². The summed E-state index contributed by atoms with van der Waals surface area (Å²) < 4.78 is 25.0. The fourth-order valence-electron chi connectivity index (χ4n) is 2.17. The van der Waals surface area contributed by atoms with Crippen molar-refractivity contribution >= 4 is 0 Å². The Bertz CT molecular complexity index is 557. The lowest BCUT2D eigenvalue weighted by molar-refractivity contribution is -0.105. The maximum absolute atomic E-state index is 5.23. The zero-order valence-electron chi connectivity index (χ0n) is 39.2. The van der Waals surface area contributed by atoms with E-state index in [0.29, 0.717) is 28.5 Å². The van der Waals surface area contributed by atoms with Crippen LogP contribution in [0.3, 0.4) is 0 Å². The minimum atomic E-state index is -0.0734. The second-order valence-electron chi connectivity index (χ2n) is 20.4. The highest BCUT2D eigenvalue weighted by atomic mass is 16.7. The summed E-state index contributed by atoms with van der Waals surface area (Å²) in [6.45, 7) is 55.8. The van der Waals surface area contributed by atoms with E-state index in [1.807, 2.05) is 48.5 Å². The van der Waals surface area contributed by atoms with Gasteiger partial charge in [-0.15, -0.1) is 0 Å². The predicted molar refractivity (Wildman–Crippen MR) is 221 cm³/mol. The average molecular weight is 697 g/mol. The third-order valence-electron chi connectivity index (χ3n) is 5.14. The number of methoxy groups -OCH3 is 3. The Kier molecular flexibility index (Phi) is 42.8. The molecule has 0 N–H and O–H groups in total. The molecular formula is C43H100O5. The first-order valence-electron chi connectivity index (χ1n) is 18.7. The van der Waals surface area contributed by atoms with Crippen molar-refractivity contribution in [3.05, 3.63) is 0 Å². The molecule has 0 bridgehead atoms. The summed E-state index contributed by atoms with van der Waals surface area (Å²) in [5, 5.41) is 0. The molecule has 0 aliphatic rings. The van der Waals surface area contributed by atoms with Gasteiger partial charge in [0.1, 0.15) is 6.79 Å². The number of ether oxygens (including phenoxy) is 5. The molecule has 0 aromatic rings. The molecule has 0 saturated heterocycles. The van der Waals surface area contributed by atoms with Gasteiger partial charge in [-0.25, -0.2) is 0 Å². The lowest BCUT2D eigenvalue weighted by Crippen LogP contribution is -2.20. The van der Waals surface area contributed by atoms with Gasteiger partial charge < -0.3 is 23.7 Å². The summed E-state index contributed by atoms with van der Waals surface area (Å²) >= 11 is 0. The minimum Gasteiger partial charge on any atom is -0.385 e. The molecule has 0 fully saturated rings. The summed E-state index contributed by atoms with van der Waals surface area (Å²) in [5.41, 5.74) is 2.08. The maximum atomic E-state index is 5.23. The van der Waals surface area contributed by atoms with Crippen molar-refractivity contribution in [2.24, 2.45) is 21.7 Å². The van der Waals surface area contributed by atoms with Crippen molar-refractivity contribution in [3.8, 4) is 0 Å².